The first-order chi connectivity index (χ1) is 8.60. The Morgan fingerprint density at radius 2 is 2.33 bits per heavy atom. The predicted molar refractivity (Wildman–Crippen MR) is 69.3 cm³/mol. The summed E-state index contributed by atoms with van der Waals surface area (Å²) in [6.07, 6.45) is 1.57. The molecule has 2 rings (SSSR count). The number of aryl methyl sites for hydroxylation is 1. The number of hydrogen-bond donors (Lipinski definition) is 2. The third kappa shape index (κ3) is 2.77. The van der Waals surface area contributed by atoms with Crippen LogP contribution in [-0.2, 0) is 0 Å². The van der Waals surface area contributed by atoms with E-state index in [1.165, 1.54) is 11.8 Å². The number of nitrogens with two attached hydrogens (primary N) is 1. The molecular weight excluding hydrogens is 274 g/mol. The van der Waals surface area contributed by atoms with E-state index in [9.17, 15) is 0 Å². The zero-order valence-electron chi connectivity index (χ0n) is 9.42. The van der Waals surface area contributed by atoms with Crippen LogP contribution < -0.4 is 5.73 Å². The van der Waals surface area contributed by atoms with Crippen LogP contribution in [0, 0.1) is 6.92 Å². The quantitative estimate of drug-likeness (QED) is 0.391. The van der Waals surface area contributed by atoms with Gasteiger partial charge in [0.15, 0.2) is 5.84 Å². The molecule has 0 radical (unpaired) electrons. The van der Waals surface area contributed by atoms with Crippen LogP contribution >= 0.6 is 23.4 Å². The van der Waals surface area contributed by atoms with Crippen LogP contribution in [0.2, 0.25) is 5.02 Å². The minimum atomic E-state index is 0.0143. The summed E-state index contributed by atoms with van der Waals surface area (Å²) in [6.45, 7) is 1.84. The Morgan fingerprint density at radius 3 is 2.89 bits per heavy atom. The number of oxime groups is 1. The molecule has 2 aromatic rings. The maximum atomic E-state index is 8.58. The number of hydrogen-bond acceptors (Lipinski definition) is 5. The number of aromatic nitrogens is 1. The number of amidine groups is 1. The number of benzene rings is 1. The molecule has 0 amide bonds. The van der Waals surface area contributed by atoms with Gasteiger partial charge in [-0.15, -0.1) is 0 Å². The SMILES string of the molecule is Cc1coc(Sc2ccc(/C(N)=N/O)cc2Cl)n1. The van der Waals surface area contributed by atoms with Crippen LogP contribution in [0.1, 0.15) is 11.3 Å². The molecule has 94 valence electrons. The van der Waals surface area contributed by atoms with Gasteiger partial charge in [-0.2, -0.15) is 0 Å². The highest BCUT2D eigenvalue weighted by Crippen LogP contribution is 2.33. The fourth-order valence-corrected chi connectivity index (χ4v) is 2.34. The van der Waals surface area contributed by atoms with Crippen molar-refractivity contribution in [2.24, 2.45) is 10.9 Å². The molecule has 0 atom stereocenters. The van der Waals surface area contributed by atoms with Gasteiger partial charge in [-0.25, -0.2) is 4.98 Å². The largest absolute Gasteiger partial charge is 0.439 e. The van der Waals surface area contributed by atoms with Gasteiger partial charge in [0.2, 0.25) is 0 Å². The van der Waals surface area contributed by atoms with E-state index in [2.05, 4.69) is 10.1 Å². The summed E-state index contributed by atoms with van der Waals surface area (Å²) >= 11 is 7.41. The van der Waals surface area contributed by atoms with E-state index in [-0.39, 0.29) is 5.84 Å². The van der Waals surface area contributed by atoms with E-state index in [0.29, 0.717) is 15.8 Å². The minimum Gasteiger partial charge on any atom is -0.439 e. The van der Waals surface area contributed by atoms with Gasteiger partial charge in [0.1, 0.15) is 6.26 Å². The van der Waals surface area contributed by atoms with Crippen LogP contribution in [0.4, 0.5) is 0 Å². The average molecular weight is 284 g/mol. The molecule has 0 spiro atoms. The van der Waals surface area contributed by atoms with Gasteiger partial charge in [-0.05, 0) is 36.9 Å². The summed E-state index contributed by atoms with van der Waals surface area (Å²) in [5, 5.41) is 12.5. The number of halogens is 1. The molecule has 0 fully saturated rings. The lowest BCUT2D eigenvalue weighted by molar-refractivity contribution is 0.318. The van der Waals surface area contributed by atoms with E-state index in [1.807, 2.05) is 6.92 Å². The van der Waals surface area contributed by atoms with Crippen LogP contribution in [0.3, 0.4) is 0 Å². The van der Waals surface area contributed by atoms with Gasteiger partial charge in [-0.1, -0.05) is 16.8 Å². The first kappa shape index (κ1) is 12.8. The third-order valence-electron chi connectivity index (χ3n) is 2.13. The monoisotopic (exact) mass is 283 g/mol. The van der Waals surface area contributed by atoms with E-state index in [1.54, 1.807) is 24.5 Å². The summed E-state index contributed by atoms with van der Waals surface area (Å²) in [5.74, 6) is 0.0143. The molecule has 0 unspecified atom stereocenters. The molecule has 1 aromatic heterocycles. The Bertz CT molecular complexity index is 598. The van der Waals surface area contributed by atoms with Crippen LogP contribution in [0.25, 0.3) is 0 Å². The summed E-state index contributed by atoms with van der Waals surface area (Å²) in [6, 6.07) is 5.09. The lowest BCUT2D eigenvalue weighted by atomic mass is 10.2. The van der Waals surface area contributed by atoms with E-state index in [0.717, 1.165) is 10.6 Å². The minimum absolute atomic E-state index is 0.0143. The Morgan fingerprint density at radius 1 is 1.56 bits per heavy atom. The third-order valence-corrected chi connectivity index (χ3v) is 3.49. The molecule has 0 aliphatic heterocycles. The van der Waals surface area contributed by atoms with Gasteiger partial charge in [0.05, 0.1) is 10.7 Å². The molecule has 5 nitrogen and oxygen atoms in total. The number of rotatable bonds is 3. The van der Waals surface area contributed by atoms with Crippen LogP contribution in [0.5, 0.6) is 0 Å². The Hall–Kier alpha value is -1.66. The number of oxazole rings is 1. The molecule has 1 heterocycles. The molecule has 0 saturated heterocycles. The van der Waals surface area contributed by atoms with Crippen molar-refractivity contribution in [2.75, 3.05) is 0 Å². The second kappa shape index (κ2) is 5.32. The normalized spacial score (nSPS) is 11.8. The molecule has 0 aliphatic carbocycles. The van der Waals surface area contributed by atoms with Gasteiger partial charge in [-0.3, -0.25) is 0 Å². The topological polar surface area (TPSA) is 84.6 Å². The standard InChI is InChI=1S/C11H10ClN3O2S/c1-6-5-17-11(14-6)18-9-3-2-7(4-8(9)12)10(13)15-16/h2-5,16H,1H3,(H2,13,15). The summed E-state index contributed by atoms with van der Waals surface area (Å²) in [7, 11) is 0. The first-order valence-electron chi connectivity index (χ1n) is 4.97. The Labute approximate surface area is 113 Å². The Balaban J connectivity index is 2.25. The van der Waals surface area contributed by atoms with Crippen molar-refractivity contribution in [3.63, 3.8) is 0 Å². The van der Waals surface area contributed by atoms with Gasteiger partial charge >= 0.3 is 0 Å². The molecule has 0 bridgehead atoms. The van der Waals surface area contributed by atoms with Crippen molar-refractivity contribution in [3.8, 4) is 0 Å². The van der Waals surface area contributed by atoms with Crippen molar-refractivity contribution >= 4 is 29.2 Å². The van der Waals surface area contributed by atoms with Crippen molar-refractivity contribution < 1.29 is 9.62 Å². The fourth-order valence-electron chi connectivity index (χ4n) is 1.27. The second-order valence-corrected chi connectivity index (χ2v) is 4.89. The fraction of sp³-hybridized carbons (Fsp3) is 0.0909. The summed E-state index contributed by atoms with van der Waals surface area (Å²) in [4.78, 5) is 4.96. The molecule has 1 aromatic carbocycles. The highest BCUT2D eigenvalue weighted by Gasteiger charge is 2.09. The molecule has 0 saturated carbocycles. The first-order valence-corrected chi connectivity index (χ1v) is 6.17. The Kier molecular flexibility index (Phi) is 3.78. The maximum absolute atomic E-state index is 8.58. The zero-order valence-corrected chi connectivity index (χ0v) is 11.0. The lowest BCUT2D eigenvalue weighted by Crippen LogP contribution is -2.12. The zero-order chi connectivity index (χ0) is 13.1. The van der Waals surface area contributed by atoms with Crippen molar-refractivity contribution in [1.29, 1.82) is 0 Å². The number of nitrogens with zero attached hydrogens (tertiary/aromatic N) is 2. The van der Waals surface area contributed by atoms with Gasteiger partial charge in [0, 0.05) is 10.5 Å². The average Bonchev–Trinajstić information content (AvgIpc) is 2.76. The highest BCUT2D eigenvalue weighted by atomic mass is 35.5. The van der Waals surface area contributed by atoms with E-state index >= 15 is 0 Å². The van der Waals surface area contributed by atoms with Crippen molar-refractivity contribution in [2.45, 2.75) is 17.0 Å². The molecule has 7 heteroatoms. The van der Waals surface area contributed by atoms with Crippen LogP contribution in [-0.4, -0.2) is 16.0 Å². The second-order valence-electron chi connectivity index (χ2n) is 3.49. The summed E-state index contributed by atoms with van der Waals surface area (Å²) < 4.78 is 5.23. The van der Waals surface area contributed by atoms with E-state index < -0.39 is 0 Å². The molecular formula is C11H10ClN3O2S. The van der Waals surface area contributed by atoms with Crippen LogP contribution in [0.15, 0.2) is 44.2 Å². The molecule has 18 heavy (non-hydrogen) atoms. The highest BCUT2D eigenvalue weighted by molar-refractivity contribution is 7.99. The van der Waals surface area contributed by atoms with Crippen molar-refractivity contribution in [1.82, 2.24) is 4.98 Å². The van der Waals surface area contributed by atoms with Gasteiger partial charge in [0.25, 0.3) is 5.22 Å². The summed E-state index contributed by atoms with van der Waals surface area (Å²) in [5.41, 5.74) is 6.83. The molecule has 3 N–H and O–H groups in total. The lowest BCUT2D eigenvalue weighted by Gasteiger charge is -2.03. The van der Waals surface area contributed by atoms with Crippen molar-refractivity contribution in [3.05, 3.63) is 40.7 Å². The smallest absolute Gasteiger partial charge is 0.260 e. The van der Waals surface area contributed by atoms with E-state index in [4.69, 9.17) is 27.0 Å². The maximum Gasteiger partial charge on any atom is 0.260 e. The molecule has 0 aliphatic rings. The van der Waals surface area contributed by atoms with Gasteiger partial charge < -0.3 is 15.4 Å². The predicted octanol–water partition coefficient (Wildman–Crippen LogP) is 2.88.